The van der Waals surface area contributed by atoms with E-state index in [2.05, 4.69) is 0 Å². The molecule has 0 aromatic heterocycles. The van der Waals surface area contributed by atoms with Gasteiger partial charge < -0.3 is 10.8 Å². The van der Waals surface area contributed by atoms with E-state index in [0.717, 1.165) is 6.42 Å². The standard InChI is InChI=1S/C9H17NO2/c1-9(6-10,8(11)12)5-7-3-2-4-7/h7H,2-6,10H2,1H3,(H,11,12). The number of hydrogen-bond acceptors (Lipinski definition) is 2. The van der Waals surface area contributed by atoms with Crippen LogP contribution in [0.4, 0.5) is 0 Å². The van der Waals surface area contributed by atoms with Crippen molar-refractivity contribution in [1.29, 1.82) is 0 Å². The molecule has 1 atom stereocenters. The van der Waals surface area contributed by atoms with Gasteiger partial charge in [-0.3, -0.25) is 4.79 Å². The summed E-state index contributed by atoms with van der Waals surface area (Å²) in [4.78, 5) is 10.8. The van der Waals surface area contributed by atoms with Crippen LogP contribution in [0.25, 0.3) is 0 Å². The lowest BCUT2D eigenvalue weighted by Gasteiger charge is -2.33. The quantitative estimate of drug-likeness (QED) is 0.668. The number of nitrogens with two attached hydrogens (primary N) is 1. The average molecular weight is 171 g/mol. The maximum Gasteiger partial charge on any atom is 0.310 e. The molecule has 1 unspecified atom stereocenters. The lowest BCUT2D eigenvalue weighted by Crippen LogP contribution is -2.38. The van der Waals surface area contributed by atoms with E-state index in [4.69, 9.17) is 10.8 Å². The Labute approximate surface area is 72.9 Å². The zero-order valence-electron chi connectivity index (χ0n) is 7.55. The van der Waals surface area contributed by atoms with Gasteiger partial charge >= 0.3 is 5.97 Å². The van der Waals surface area contributed by atoms with Gasteiger partial charge in [0.05, 0.1) is 5.41 Å². The molecule has 1 saturated carbocycles. The maximum atomic E-state index is 10.8. The van der Waals surface area contributed by atoms with E-state index in [1.54, 1.807) is 6.92 Å². The van der Waals surface area contributed by atoms with E-state index in [0.29, 0.717) is 5.92 Å². The second-order valence-corrected chi connectivity index (χ2v) is 4.07. The SMILES string of the molecule is CC(CN)(CC1CCC1)C(=O)O. The van der Waals surface area contributed by atoms with Crippen molar-refractivity contribution in [3.8, 4) is 0 Å². The van der Waals surface area contributed by atoms with Gasteiger partial charge in [0, 0.05) is 6.54 Å². The molecule has 3 heteroatoms. The van der Waals surface area contributed by atoms with Crippen LogP contribution in [-0.4, -0.2) is 17.6 Å². The van der Waals surface area contributed by atoms with E-state index in [1.807, 2.05) is 0 Å². The predicted octanol–water partition coefficient (Wildman–Crippen LogP) is 1.23. The van der Waals surface area contributed by atoms with Gasteiger partial charge in [-0.2, -0.15) is 0 Å². The summed E-state index contributed by atoms with van der Waals surface area (Å²) in [6.07, 6.45) is 4.37. The second kappa shape index (κ2) is 3.44. The van der Waals surface area contributed by atoms with Crippen molar-refractivity contribution in [2.24, 2.45) is 17.1 Å². The first-order chi connectivity index (χ1) is 5.58. The molecule has 70 valence electrons. The number of hydrogen-bond donors (Lipinski definition) is 2. The maximum absolute atomic E-state index is 10.8. The minimum atomic E-state index is -0.753. The molecular formula is C9H17NO2. The molecule has 0 saturated heterocycles. The summed E-state index contributed by atoms with van der Waals surface area (Å²) in [5.74, 6) is -0.147. The zero-order valence-corrected chi connectivity index (χ0v) is 7.55. The Bertz CT molecular complexity index is 177. The monoisotopic (exact) mass is 171 g/mol. The highest BCUT2D eigenvalue weighted by Crippen LogP contribution is 2.37. The van der Waals surface area contributed by atoms with Crippen LogP contribution in [-0.2, 0) is 4.79 Å². The van der Waals surface area contributed by atoms with Gasteiger partial charge in [-0.15, -0.1) is 0 Å². The highest BCUT2D eigenvalue weighted by molar-refractivity contribution is 5.74. The number of carbonyl (C=O) groups is 1. The molecule has 0 aromatic rings. The molecular weight excluding hydrogens is 154 g/mol. The Hall–Kier alpha value is -0.570. The summed E-state index contributed by atoms with van der Waals surface area (Å²) < 4.78 is 0. The molecule has 1 fully saturated rings. The van der Waals surface area contributed by atoms with E-state index >= 15 is 0 Å². The molecule has 1 aliphatic rings. The number of carboxylic acid groups (broad SMARTS) is 1. The first-order valence-corrected chi connectivity index (χ1v) is 4.52. The predicted molar refractivity (Wildman–Crippen MR) is 46.8 cm³/mol. The van der Waals surface area contributed by atoms with Crippen molar-refractivity contribution < 1.29 is 9.90 Å². The van der Waals surface area contributed by atoms with E-state index in [-0.39, 0.29) is 6.54 Å². The fourth-order valence-electron chi connectivity index (χ4n) is 1.59. The lowest BCUT2D eigenvalue weighted by molar-refractivity contribution is -0.148. The molecule has 0 amide bonds. The van der Waals surface area contributed by atoms with Crippen molar-refractivity contribution in [3.05, 3.63) is 0 Å². The summed E-state index contributed by atoms with van der Waals surface area (Å²) in [5, 5.41) is 8.92. The van der Waals surface area contributed by atoms with E-state index in [1.165, 1.54) is 19.3 Å². The number of rotatable bonds is 4. The second-order valence-electron chi connectivity index (χ2n) is 4.07. The van der Waals surface area contributed by atoms with Crippen LogP contribution in [0.3, 0.4) is 0 Å². The summed E-state index contributed by atoms with van der Waals surface area (Å²) in [6, 6.07) is 0. The zero-order chi connectivity index (χ0) is 9.19. The van der Waals surface area contributed by atoms with Crippen LogP contribution in [0.2, 0.25) is 0 Å². The first-order valence-electron chi connectivity index (χ1n) is 4.52. The van der Waals surface area contributed by atoms with Crippen LogP contribution < -0.4 is 5.73 Å². The fourth-order valence-corrected chi connectivity index (χ4v) is 1.59. The summed E-state index contributed by atoms with van der Waals surface area (Å²) in [5.41, 5.74) is 4.76. The third-order valence-corrected chi connectivity index (χ3v) is 2.93. The third-order valence-electron chi connectivity index (χ3n) is 2.93. The van der Waals surface area contributed by atoms with Gasteiger partial charge in [0.15, 0.2) is 0 Å². The van der Waals surface area contributed by atoms with Gasteiger partial charge in [0.1, 0.15) is 0 Å². The highest BCUT2D eigenvalue weighted by Gasteiger charge is 2.35. The van der Waals surface area contributed by atoms with Crippen LogP contribution >= 0.6 is 0 Å². The van der Waals surface area contributed by atoms with Crippen LogP contribution in [0.1, 0.15) is 32.6 Å². The van der Waals surface area contributed by atoms with Crippen LogP contribution in [0.5, 0.6) is 0 Å². The topological polar surface area (TPSA) is 63.3 Å². The summed E-state index contributed by atoms with van der Waals surface area (Å²) in [7, 11) is 0. The smallest absolute Gasteiger partial charge is 0.310 e. The van der Waals surface area contributed by atoms with Gasteiger partial charge in [0.2, 0.25) is 0 Å². The summed E-state index contributed by atoms with van der Waals surface area (Å²) >= 11 is 0. The Kier molecular flexibility index (Phi) is 2.73. The molecule has 1 rings (SSSR count). The molecule has 0 aromatic carbocycles. The number of aliphatic carboxylic acids is 1. The molecule has 3 N–H and O–H groups in total. The van der Waals surface area contributed by atoms with Crippen LogP contribution in [0.15, 0.2) is 0 Å². The minimum absolute atomic E-state index is 0.249. The minimum Gasteiger partial charge on any atom is -0.481 e. The van der Waals surface area contributed by atoms with Gasteiger partial charge in [-0.05, 0) is 19.3 Å². The van der Waals surface area contributed by atoms with Gasteiger partial charge in [-0.1, -0.05) is 19.3 Å². The van der Waals surface area contributed by atoms with E-state index < -0.39 is 11.4 Å². The largest absolute Gasteiger partial charge is 0.481 e. The third kappa shape index (κ3) is 1.78. The lowest BCUT2D eigenvalue weighted by atomic mass is 9.72. The van der Waals surface area contributed by atoms with Crippen molar-refractivity contribution in [1.82, 2.24) is 0 Å². The molecule has 0 radical (unpaired) electrons. The normalized spacial score (nSPS) is 22.8. The molecule has 0 aliphatic heterocycles. The number of carboxylic acids is 1. The average Bonchev–Trinajstić information content (AvgIpc) is 1.96. The Morgan fingerprint density at radius 2 is 2.25 bits per heavy atom. The van der Waals surface area contributed by atoms with Crippen molar-refractivity contribution in [2.75, 3.05) is 6.54 Å². The van der Waals surface area contributed by atoms with Crippen molar-refractivity contribution in [3.63, 3.8) is 0 Å². The Morgan fingerprint density at radius 3 is 2.50 bits per heavy atom. The Balaban J connectivity index is 2.47. The molecule has 0 bridgehead atoms. The molecule has 0 spiro atoms. The van der Waals surface area contributed by atoms with Gasteiger partial charge in [-0.25, -0.2) is 0 Å². The molecule has 1 aliphatic carbocycles. The van der Waals surface area contributed by atoms with E-state index in [9.17, 15) is 4.79 Å². The van der Waals surface area contributed by atoms with Gasteiger partial charge in [0.25, 0.3) is 0 Å². The molecule has 0 heterocycles. The fraction of sp³-hybridized carbons (Fsp3) is 0.889. The summed E-state index contributed by atoms with van der Waals surface area (Å²) in [6.45, 7) is 1.99. The van der Waals surface area contributed by atoms with Crippen LogP contribution in [0, 0.1) is 11.3 Å². The van der Waals surface area contributed by atoms with Crippen molar-refractivity contribution >= 4 is 5.97 Å². The highest BCUT2D eigenvalue weighted by atomic mass is 16.4. The first kappa shape index (κ1) is 9.52. The molecule has 3 nitrogen and oxygen atoms in total. The Morgan fingerprint density at radius 1 is 1.67 bits per heavy atom. The molecule has 12 heavy (non-hydrogen) atoms. The van der Waals surface area contributed by atoms with Crippen molar-refractivity contribution in [2.45, 2.75) is 32.6 Å².